The molecule has 0 unspecified atom stereocenters. The van der Waals surface area contributed by atoms with E-state index in [0.29, 0.717) is 42.7 Å². The predicted octanol–water partition coefficient (Wildman–Crippen LogP) is 6.64. The van der Waals surface area contributed by atoms with Crippen LogP contribution in [0.5, 0.6) is 0 Å². The van der Waals surface area contributed by atoms with Gasteiger partial charge in [-0.05, 0) is 22.2 Å². The van der Waals surface area contributed by atoms with Crippen LogP contribution in [0.1, 0.15) is 66.9 Å². The smallest absolute Gasteiger partial charge is 0.302 e. The van der Waals surface area contributed by atoms with Crippen LogP contribution in [0.4, 0.5) is 0 Å². The van der Waals surface area contributed by atoms with Crippen molar-refractivity contribution in [2.75, 3.05) is 13.4 Å². The highest BCUT2D eigenvalue weighted by Gasteiger charge is 2.45. The Hall–Kier alpha value is -1.47. The molecule has 1 aromatic carbocycles. The number of rotatable bonds is 16. The molecule has 1 rings (SSSR count). The van der Waals surface area contributed by atoms with E-state index in [9.17, 15) is 4.79 Å². The zero-order valence-corrected chi connectivity index (χ0v) is 22.1. The Morgan fingerprint density at radius 1 is 1.03 bits per heavy atom. The highest BCUT2D eigenvalue weighted by molar-refractivity contribution is 6.77. The summed E-state index contributed by atoms with van der Waals surface area (Å²) < 4.78 is 23.7. The van der Waals surface area contributed by atoms with Crippen LogP contribution in [-0.4, -0.2) is 39.9 Å². The average Bonchev–Trinajstić information content (AvgIpc) is 2.72. The molecule has 0 fully saturated rings. The van der Waals surface area contributed by atoms with Gasteiger partial charge in [0.2, 0.25) is 0 Å². The molecule has 0 aromatic heterocycles. The van der Waals surface area contributed by atoms with E-state index in [0.717, 1.165) is 5.56 Å². The maximum atomic E-state index is 11.7. The van der Waals surface area contributed by atoms with Crippen molar-refractivity contribution in [3.63, 3.8) is 0 Å². The summed E-state index contributed by atoms with van der Waals surface area (Å²) in [5.41, 5.74) is 2.64. The molecule has 0 radical (unpaired) electrons. The number of carbonyl (C=O) groups is 1. The third-order valence-corrected chi connectivity index (χ3v) is 12.2. The fraction of sp³-hybridized carbons (Fsp3) is 0.654. The molecule has 1 aromatic rings. The van der Waals surface area contributed by atoms with Crippen LogP contribution in [0.3, 0.4) is 0 Å². The van der Waals surface area contributed by atoms with E-state index >= 15 is 0 Å². The molecule has 32 heavy (non-hydrogen) atoms. The summed E-state index contributed by atoms with van der Waals surface area (Å²) in [6.45, 7) is 20.2. The van der Waals surface area contributed by atoms with Crippen molar-refractivity contribution in [3.8, 4) is 0 Å². The van der Waals surface area contributed by atoms with Gasteiger partial charge < -0.3 is 18.6 Å². The quantitative estimate of drug-likeness (QED) is 0.0903. The summed E-state index contributed by atoms with van der Waals surface area (Å²) >= 11 is 0. The molecule has 0 aliphatic heterocycles. The van der Waals surface area contributed by atoms with Crippen molar-refractivity contribution in [3.05, 3.63) is 48.6 Å². The van der Waals surface area contributed by atoms with Gasteiger partial charge in [0.05, 0.1) is 12.7 Å². The number of benzene rings is 1. The number of esters is 1. The Balaban J connectivity index is 2.62. The van der Waals surface area contributed by atoms with Crippen LogP contribution >= 0.6 is 0 Å². The van der Waals surface area contributed by atoms with Gasteiger partial charge in [0, 0.05) is 26.4 Å². The predicted molar refractivity (Wildman–Crippen MR) is 133 cm³/mol. The maximum Gasteiger partial charge on any atom is 0.302 e. The standard InChI is InChI=1S/C26H44O5Si/c1-9-25(29-19-28-18-24-13-11-10-12-14-24)17-26(31-23(8)27)15-16-30-32(20(2)3,21(4)5)22(6)7/h9-14,20-22,25-26H,1,15-19H2,2-8H3/t25-,26-/m0/s1. The van der Waals surface area contributed by atoms with E-state index in [2.05, 4.69) is 48.1 Å². The average molecular weight is 465 g/mol. The first-order valence-corrected chi connectivity index (χ1v) is 13.9. The van der Waals surface area contributed by atoms with Crippen LogP contribution in [0, 0.1) is 0 Å². The highest BCUT2D eigenvalue weighted by Crippen LogP contribution is 2.42. The van der Waals surface area contributed by atoms with Gasteiger partial charge in [-0.2, -0.15) is 0 Å². The second kappa shape index (κ2) is 14.6. The van der Waals surface area contributed by atoms with Crippen LogP contribution in [0.2, 0.25) is 16.6 Å². The van der Waals surface area contributed by atoms with Gasteiger partial charge in [-0.25, -0.2) is 0 Å². The second-order valence-electron chi connectivity index (χ2n) is 9.31. The number of carbonyl (C=O) groups excluding carboxylic acids is 1. The third kappa shape index (κ3) is 9.18. The zero-order valence-electron chi connectivity index (χ0n) is 21.1. The minimum absolute atomic E-state index is 0.152. The Morgan fingerprint density at radius 2 is 1.62 bits per heavy atom. The van der Waals surface area contributed by atoms with Crippen molar-refractivity contribution in [2.24, 2.45) is 0 Å². The molecule has 0 amide bonds. The number of hydrogen-bond donors (Lipinski definition) is 0. The van der Waals surface area contributed by atoms with Gasteiger partial charge in [-0.3, -0.25) is 4.79 Å². The molecule has 0 saturated heterocycles. The van der Waals surface area contributed by atoms with E-state index in [-0.39, 0.29) is 25.0 Å². The monoisotopic (exact) mass is 464 g/mol. The summed E-state index contributed by atoms with van der Waals surface area (Å²) in [5, 5.41) is 0. The first-order chi connectivity index (χ1) is 15.1. The van der Waals surface area contributed by atoms with Crippen LogP contribution in [0.25, 0.3) is 0 Å². The molecule has 0 aliphatic rings. The largest absolute Gasteiger partial charge is 0.462 e. The first kappa shape index (κ1) is 28.6. The molecule has 0 bridgehead atoms. The molecule has 0 spiro atoms. The second-order valence-corrected chi connectivity index (χ2v) is 14.8. The van der Waals surface area contributed by atoms with E-state index in [4.69, 9.17) is 18.6 Å². The molecule has 6 heteroatoms. The van der Waals surface area contributed by atoms with Crippen molar-refractivity contribution in [1.29, 1.82) is 0 Å². The normalized spacial score (nSPS) is 14.1. The Morgan fingerprint density at radius 3 is 2.12 bits per heavy atom. The van der Waals surface area contributed by atoms with E-state index < -0.39 is 8.32 Å². The molecule has 0 aliphatic carbocycles. The first-order valence-electron chi connectivity index (χ1n) is 11.8. The third-order valence-electron chi connectivity index (χ3n) is 6.07. The molecule has 5 nitrogen and oxygen atoms in total. The lowest BCUT2D eigenvalue weighted by Gasteiger charge is -2.42. The summed E-state index contributed by atoms with van der Waals surface area (Å²) in [6, 6.07) is 9.95. The fourth-order valence-corrected chi connectivity index (χ4v) is 10.2. The molecule has 182 valence electrons. The van der Waals surface area contributed by atoms with Crippen molar-refractivity contribution in [2.45, 2.75) is 96.7 Å². The van der Waals surface area contributed by atoms with E-state index in [1.54, 1.807) is 6.08 Å². The van der Waals surface area contributed by atoms with E-state index in [1.807, 2.05) is 30.3 Å². The number of hydrogen-bond acceptors (Lipinski definition) is 5. The van der Waals surface area contributed by atoms with Crippen molar-refractivity contribution < 1.29 is 23.4 Å². The van der Waals surface area contributed by atoms with Crippen molar-refractivity contribution >= 4 is 14.3 Å². The Bertz CT molecular complexity index is 638. The van der Waals surface area contributed by atoms with Crippen LogP contribution in [0.15, 0.2) is 43.0 Å². The Kier molecular flexibility index (Phi) is 13.1. The topological polar surface area (TPSA) is 54.0 Å². The highest BCUT2D eigenvalue weighted by atomic mass is 28.4. The van der Waals surface area contributed by atoms with Gasteiger partial charge in [-0.15, -0.1) is 6.58 Å². The molecule has 0 saturated carbocycles. The lowest BCUT2D eigenvalue weighted by molar-refractivity contribution is -0.150. The van der Waals surface area contributed by atoms with Gasteiger partial charge in [-0.1, -0.05) is 78.0 Å². The molecular weight excluding hydrogens is 420 g/mol. The molecular formula is C26H44O5Si. The van der Waals surface area contributed by atoms with Gasteiger partial charge in [0.1, 0.15) is 12.9 Å². The summed E-state index contributed by atoms with van der Waals surface area (Å²) in [6.07, 6.45) is 2.35. The molecule has 0 N–H and O–H groups in total. The Labute approximate surface area is 196 Å². The summed E-state index contributed by atoms with van der Waals surface area (Å²) in [7, 11) is -1.95. The van der Waals surface area contributed by atoms with Crippen LogP contribution in [-0.2, 0) is 30.0 Å². The van der Waals surface area contributed by atoms with E-state index in [1.165, 1.54) is 6.92 Å². The minimum atomic E-state index is -1.95. The van der Waals surface area contributed by atoms with Gasteiger partial charge in [0.15, 0.2) is 8.32 Å². The number of ether oxygens (including phenoxy) is 3. The summed E-state index contributed by atoms with van der Waals surface area (Å²) in [5.74, 6) is -0.293. The lowest BCUT2D eigenvalue weighted by Crippen LogP contribution is -2.48. The van der Waals surface area contributed by atoms with Gasteiger partial charge >= 0.3 is 5.97 Å². The molecule has 2 atom stereocenters. The van der Waals surface area contributed by atoms with Gasteiger partial charge in [0.25, 0.3) is 0 Å². The van der Waals surface area contributed by atoms with Crippen molar-refractivity contribution in [1.82, 2.24) is 0 Å². The minimum Gasteiger partial charge on any atom is -0.462 e. The molecule has 0 heterocycles. The lowest BCUT2D eigenvalue weighted by atomic mass is 10.1. The SMILES string of the molecule is C=C[C@@H](C[C@H](CCO[Si](C(C)C)(C(C)C)C(C)C)OC(C)=O)OCOCc1ccccc1. The van der Waals surface area contributed by atoms with Crippen LogP contribution < -0.4 is 0 Å². The summed E-state index contributed by atoms with van der Waals surface area (Å²) in [4.78, 5) is 11.7. The fourth-order valence-electron chi connectivity index (χ4n) is 4.69. The maximum absolute atomic E-state index is 11.7. The zero-order chi connectivity index (χ0) is 24.1.